The molecule has 0 aliphatic carbocycles. The average Bonchev–Trinajstić information content (AvgIpc) is 2.31. The molecule has 1 aromatic carbocycles. The van der Waals surface area contributed by atoms with Crippen molar-refractivity contribution in [3.63, 3.8) is 0 Å². The molecular weight excluding hydrogens is 416 g/mol. The topological polar surface area (TPSA) is 29.1 Å². The minimum atomic E-state index is -0.0800. The molecule has 0 saturated carbocycles. The summed E-state index contributed by atoms with van der Waals surface area (Å²) in [6, 6.07) is 5.45. The van der Waals surface area contributed by atoms with Crippen LogP contribution in [-0.4, -0.2) is 17.3 Å². The SMILES string of the molecule is CC(CBr)C(C)NC(=O)c1ccc(I)c(Cl)c1. The van der Waals surface area contributed by atoms with Crippen molar-refractivity contribution in [1.82, 2.24) is 5.32 Å². The fraction of sp³-hybridized carbons (Fsp3) is 0.417. The normalized spacial score (nSPS) is 14.2. The van der Waals surface area contributed by atoms with Crippen molar-refractivity contribution in [1.29, 1.82) is 0 Å². The third-order valence-corrected chi connectivity index (χ3v) is 5.23. The summed E-state index contributed by atoms with van der Waals surface area (Å²) < 4.78 is 0.947. The second-order valence-corrected chi connectivity index (χ2v) is 6.24. The summed E-state index contributed by atoms with van der Waals surface area (Å²) in [7, 11) is 0. The molecule has 17 heavy (non-hydrogen) atoms. The van der Waals surface area contributed by atoms with Crippen molar-refractivity contribution >= 4 is 56.0 Å². The lowest BCUT2D eigenvalue weighted by Crippen LogP contribution is -2.37. The fourth-order valence-corrected chi connectivity index (χ4v) is 2.28. The van der Waals surface area contributed by atoms with Crippen LogP contribution in [0.3, 0.4) is 0 Å². The number of hydrogen-bond acceptors (Lipinski definition) is 1. The highest BCUT2D eigenvalue weighted by Gasteiger charge is 2.15. The molecule has 2 atom stereocenters. The Morgan fingerprint density at radius 1 is 1.53 bits per heavy atom. The molecule has 5 heteroatoms. The van der Waals surface area contributed by atoms with Crippen LogP contribution in [0, 0.1) is 9.49 Å². The maximum Gasteiger partial charge on any atom is 0.251 e. The van der Waals surface area contributed by atoms with Crippen LogP contribution < -0.4 is 5.32 Å². The number of rotatable bonds is 4. The zero-order chi connectivity index (χ0) is 13.0. The van der Waals surface area contributed by atoms with Gasteiger partial charge in [-0.25, -0.2) is 0 Å². The Morgan fingerprint density at radius 2 is 2.18 bits per heavy atom. The van der Waals surface area contributed by atoms with Gasteiger partial charge in [-0.15, -0.1) is 0 Å². The van der Waals surface area contributed by atoms with Gasteiger partial charge < -0.3 is 5.32 Å². The van der Waals surface area contributed by atoms with E-state index in [0.29, 0.717) is 16.5 Å². The number of alkyl halides is 1. The van der Waals surface area contributed by atoms with E-state index in [1.807, 2.05) is 13.0 Å². The van der Waals surface area contributed by atoms with Gasteiger partial charge >= 0.3 is 0 Å². The van der Waals surface area contributed by atoms with Crippen LogP contribution in [0.5, 0.6) is 0 Å². The minimum absolute atomic E-state index is 0.0800. The summed E-state index contributed by atoms with van der Waals surface area (Å²) >= 11 is 11.5. The molecule has 0 spiro atoms. The maximum absolute atomic E-state index is 12.0. The van der Waals surface area contributed by atoms with E-state index in [-0.39, 0.29) is 11.9 Å². The summed E-state index contributed by atoms with van der Waals surface area (Å²) in [6.07, 6.45) is 0. The summed E-state index contributed by atoms with van der Waals surface area (Å²) in [5.74, 6) is 0.307. The van der Waals surface area contributed by atoms with Crippen LogP contribution in [0.1, 0.15) is 24.2 Å². The number of halogens is 3. The molecule has 0 heterocycles. The van der Waals surface area contributed by atoms with Crippen molar-refractivity contribution in [2.75, 3.05) is 5.33 Å². The molecule has 0 saturated heterocycles. The molecule has 0 aliphatic rings. The first-order chi connectivity index (χ1) is 7.95. The highest BCUT2D eigenvalue weighted by Crippen LogP contribution is 2.19. The lowest BCUT2D eigenvalue weighted by molar-refractivity contribution is 0.0931. The van der Waals surface area contributed by atoms with E-state index in [1.54, 1.807) is 12.1 Å². The van der Waals surface area contributed by atoms with Gasteiger partial charge in [0.25, 0.3) is 5.91 Å². The average molecular weight is 431 g/mol. The molecule has 1 rings (SSSR count). The van der Waals surface area contributed by atoms with Gasteiger partial charge in [-0.2, -0.15) is 0 Å². The predicted octanol–water partition coefficient (Wildman–Crippen LogP) is 4.09. The van der Waals surface area contributed by atoms with Crippen LogP contribution in [0.4, 0.5) is 0 Å². The highest BCUT2D eigenvalue weighted by molar-refractivity contribution is 14.1. The van der Waals surface area contributed by atoms with Gasteiger partial charge in [-0.3, -0.25) is 4.79 Å². The summed E-state index contributed by atoms with van der Waals surface area (Å²) in [5, 5.41) is 4.44. The summed E-state index contributed by atoms with van der Waals surface area (Å²) in [5.41, 5.74) is 0.601. The number of carbonyl (C=O) groups excluding carboxylic acids is 1. The zero-order valence-electron chi connectivity index (χ0n) is 9.64. The fourth-order valence-electron chi connectivity index (χ4n) is 1.20. The summed E-state index contributed by atoms with van der Waals surface area (Å²) in [6.45, 7) is 4.08. The van der Waals surface area contributed by atoms with E-state index in [2.05, 4.69) is 50.8 Å². The molecule has 1 N–H and O–H groups in total. The Hall–Kier alpha value is 0.190. The van der Waals surface area contributed by atoms with Gasteiger partial charge in [0, 0.05) is 20.5 Å². The molecule has 0 radical (unpaired) electrons. The van der Waals surface area contributed by atoms with Crippen LogP contribution in [-0.2, 0) is 0 Å². The van der Waals surface area contributed by atoms with Crippen LogP contribution >= 0.6 is 50.1 Å². The third-order valence-electron chi connectivity index (χ3n) is 2.64. The molecule has 0 aromatic heterocycles. The quantitative estimate of drug-likeness (QED) is 0.566. The van der Waals surface area contributed by atoms with Crippen molar-refractivity contribution < 1.29 is 4.79 Å². The number of carbonyl (C=O) groups is 1. The van der Waals surface area contributed by atoms with E-state index in [4.69, 9.17) is 11.6 Å². The van der Waals surface area contributed by atoms with Gasteiger partial charge in [0.2, 0.25) is 0 Å². The van der Waals surface area contributed by atoms with Crippen LogP contribution in [0.2, 0.25) is 5.02 Å². The second kappa shape index (κ2) is 6.95. The number of nitrogens with one attached hydrogen (secondary N) is 1. The van der Waals surface area contributed by atoms with E-state index < -0.39 is 0 Å². The Labute approximate surface area is 129 Å². The van der Waals surface area contributed by atoms with Gasteiger partial charge in [-0.05, 0) is 53.6 Å². The van der Waals surface area contributed by atoms with Gasteiger partial charge in [0.05, 0.1) is 5.02 Å². The molecular formula is C12H14BrClINO. The number of hydrogen-bond donors (Lipinski definition) is 1. The first kappa shape index (κ1) is 15.2. The molecule has 2 nitrogen and oxygen atoms in total. The maximum atomic E-state index is 12.0. The first-order valence-corrected chi connectivity index (χ1v) is 7.85. The minimum Gasteiger partial charge on any atom is -0.349 e. The van der Waals surface area contributed by atoms with Gasteiger partial charge in [-0.1, -0.05) is 34.5 Å². The van der Waals surface area contributed by atoms with Crippen LogP contribution in [0.25, 0.3) is 0 Å². The van der Waals surface area contributed by atoms with Crippen molar-refractivity contribution in [2.24, 2.45) is 5.92 Å². The Kier molecular flexibility index (Phi) is 6.23. The van der Waals surface area contributed by atoms with Crippen LogP contribution in [0.15, 0.2) is 18.2 Å². The standard InChI is InChI=1S/C12H14BrClINO/c1-7(6-13)8(2)16-12(17)9-3-4-11(15)10(14)5-9/h3-5,7-8H,6H2,1-2H3,(H,16,17). The largest absolute Gasteiger partial charge is 0.349 e. The Balaban J connectivity index is 2.73. The molecule has 2 unspecified atom stereocenters. The van der Waals surface area contributed by atoms with Crippen molar-refractivity contribution in [3.8, 4) is 0 Å². The monoisotopic (exact) mass is 429 g/mol. The second-order valence-electron chi connectivity index (χ2n) is 4.02. The highest BCUT2D eigenvalue weighted by atomic mass is 127. The molecule has 0 fully saturated rings. The Bertz CT molecular complexity index is 413. The van der Waals surface area contributed by atoms with E-state index in [1.165, 1.54) is 0 Å². The molecule has 0 aliphatic heterocycles. The van der Waals surface area contributed by atoms with E-state index in [0.717, 1.165) is 8.90 Å². The van der Waals surface area contributed by atoms with E-state index >= 15 is 0 Å². The number of benzene rings is 1. The van der Waals surface area contributed by atoms with E-state index in [9.17, 15) is 4.79 Å². The third kappa shape index (κ3) is 4.41. The van der Waals surface area contributed by atoms with Crippen molar-refractivity contribution in [2.45, 2.75) is 19.9 Å². The molecule has 1 aromatic rings. The molecule has 0 bridgehead atoms. The zero-order valence-corrected chi connectivity index (χ0v) is 14.1. The predicted molar refractivity (Wildman–Crippen MR) is 84.1 cm³/mol. The van der Waals surface area contributed by atoms with Gasteiger partial charge in [0.1, 0.15) is 0 Å². The molecule has 94 valence electrons. The first-order valence-electron chi connectivity index (χ1n) is 5.27. The lowest BCUT2D eigenvalue weighted by atomic mass is 10.1. The Morgan fingerprint density at radius 3 is 2.71 bits per heavy atom. The lowest BCUT2D eigenvalue weighted by Gasteiger charge is -2.19. The molecule has 1 amide bonds. The number of amides is 1. The summed E-state index contributed by atoms with van der Waals surface area (Å²) in [4.78, 5) is 12.0. The van der Waals surface area contributed by atoms with Gasteiger partial charge in [0.15, 0.2) is 0 Å². The van der Waals surface area contributed by atoms with Crippen molar-refractivity contribution in [3.05, 3.63) is 32.4 Å². The smallest absolute Gasteiger partial charge is 0.251 e.